The molecule has 1 heterocycles. The average Bonchev–Trinajstić information content (AvgIpc) is 2.32. The van der Waals surface area contributed by atoms with Crippen LogP contribution in [0.5, 0.6) is 0 Å². The Kier molecular flexibility index (Phi) is 3.73. The summed E-state index contributed by atoms with van der Waals surface area (Å²) in [5, 5.41) is 9.28. The van der Waals surface area contributed by atoms with Crippen molar-refractivity contribution in [1.82, 2.24) is 0 Å². The number of nitrogens with zero attached hydrogens (tertiary/aromatic N) is 2. The number of piperidine rings is 1. The minimum absolute atomic E-state index is 0.505. The largest absolute Gasteiger partial charge is 0.367 e. The lowest BCUT2D eigenvalue weighted by Gasteiger charge is -2.40. The Balaban J connectivity index is 2.40. The second-order valence-corrected chi connectivity index (χ2v) is 5.65. The zero-order valence-electron chi connectivity index (χ0n) is 10.3. The fraction of sp³-hybridized carbons (Fsp3) is 0.500. The molecule has 0 amide bonds. The van der Waals surface area contributed by atoms with E-state index < -0.39 is 0 Å². The first-order chi connectivity index (χ1) is 8.15. The summed E-state index contributed by atoms with van der Waals surface area (Å²) in [4.78, 5) is 2.37. The topological polar surface area (TPSA) is 27.0 Å². The molecule has 90 valence electrons. The second kappa shape index (κ2) is 5.10. The first kappa shape index (κ1) is 12.4. The van der Waals surface area contributed by atoms with E-state index in [0.29, 0.717) is 12.0 Å². The first-order valence-corrected chi connectivity index (χ1v) is 6.89. The summed E-state index contributed by atoms with van der Waals surface area (Å²) in [6.07, 6.45) is 2.50. The van der Waals surface area contributed by atoms with Gasteiger partial charge in [0.05, 0.1) is 11.3 Å². The Morgan fingerprint density at radius 2 is 2.18 bits per heavy atom. The minimum Gasteiger partial charge on any atom is -0.367 e. The molecule has 2 unspecified atom stereocenters. The Morgan fingerprint density at radius 1 is 1.41 bits per heavy atom. The van der Waals surface area contributed by atoms with E-state index in [0.717, 1.165) is 22.3 Å². The standard InChI is InChI=1S/C14H17BrN2/c1-10-5-4-8-17(11(10)2)14-7-3-6-13(15)12(14)9-16/h3,6-7,10-11H,4-5,8H2,1-2H3. The van der Waals surface area contributed by atoms with Crippen LogP contribution in [0.25, 0.3) is 0 Å². The maximum Gasteiger partial charge on any atom is 0.103 e. The molecule has 0 spiro atoms. The van der Waals surface area contributed by atoms with Gasteiger partial charge in [-0.25, -0.2) is 0 Å². The fourth-order valence-corrected chi connectivity index (χ4v) is 2.98. The number of rotatable bonds is 1. The van der Waals surface area contributed by atoms with Crippen molar-refractivity contribution in [2.75, 3.05) is 11.4 Å². The molecule has 0 radical (unpaired) electrons. The SMILES string of the molecule is CC1CCCN(c2cccc(Br)c2C#N)C1C. The molecule has 17 heavy (non-hydrogen) atoms. The molecule has 1 aromatic carbocycles. The predicted molar refractivity (Wildman–Crippen MR) is 74.1 cm³/mol. The van der Waals surface area contributed by atoms with Crippen LogP contribution in [0.3, 0.4) is 0 Å². The molecule has 1 aromatic rings. The lowest BCUT2D eigenvalue weighted by Crippen LogP contribution is -2.42. The van der Waals surface area contributed by atoms with Gasteiger partial charge >= 0.3 is 0 Å². The molecule has 0 aromatic heterocycles. The summed E-state index contributed by atoms with van der Waals surface area (Å²) >= 11 is 3.46. The van der Waals surface area contributed by atoms with Crippen LogP contribution in [0.1, 0.15) is 32.3 Å². The predicted octanol–water partition coefficient (Wildman–Crippen LogP) is 3.95. The van der Waals surface area contributed by atoms with Crippen molar-refractivity contribution in [3.63, 3.8) is 0 Å². The second-order valence-electron chi connectivity index (χ2n) is 4.80. The lowest BCUT2D eigenvalue weighted by atomic mass is 9.91. The highest BCUT2D eigenvalue weighted by atomic mass is 79.9. The number of halogens is 1. The lowest BCUT2D eigenvalue weighted by molar-refractivity contribution is 0.363. The van der Waals surface area contributed by atoms with Crippen LogP contribution in [0.15, 0.2) is 22.7 Å². The Hall–Kier alpha value is -1.01. The van der Waals surface area contributed by atoms with Crippen molar-refractivity contribution in [1.29, 1.82) is 5.26 Å². The van der Waals surface area contributed by atoms with E-state index in [2.05, 4.69) is 46.8 Å². The summed E-state index contributed by atoms with van der Waals surface area (Å²) in [5.41, 5.74) is 1.83. The van der Waals surface area contributed by atoms with E-state index in [1.165, 1.54) is 12.8 Å². The molecule has 1 fully saturated rings. The van der Waals surface area contributed by atoms with Crippen molar-refractivity contribution in [2.45, 2.75) is 32.7 Å². The monoisotopic (exact) mass is 292 g/mol. The quantitative estimate of drug-likeness (QED) is 0.784. The summed E-state index contributed by atoms with van der Waals surface area (Å²) in [7, 11) is 0. The number of hydrogen-bond donors (Lipinski definition) is 0. The number of anilines is 1. The van der Waals surface area contributed by atoms with Crippen LogP contribution >= 0.6 is 15.9 Å². The molecular formula is C14H17BrN2. The third-order valence-electron chi connectivity index (χ3n) is 3.79. The zero-order valence-corrected chi connectivity index (χ0v) is 11.9. The van der Waals surface area contributed by atoms with Gasteiger partial charge in [-0.2, -0.15) is 5.26 Å². The summed E-state index contributed by atoms with van der Waals surface area (Å²) in [6, 6.07) is 8.80. The Labute approximate surface area is 111 Å². The summed E-state index contributed by atoms with van der Waals surface area (Å²) < 4.78 is 0.892. The minimum atomic E-state index is 0.505. The fourth-order valence-electron chi connectivity index (χ4n) is 2.54. The van der Waals surface area contributed by atoms with Crippen molar-refractivity contribution in [3.8, 4) is 6.07 Å². The van der Waals surface area contributed by atoms with Gasteiger partial charge in [0, 0.05) is 17.1 Å². The van der Waals surface area contributed by atoms with E-state index in [9.17, 15) is 5.26 Å². The molecule has 0 N–H and O–H groups in total. The van der Waals surface area contributed by atoms with Crippen molar-refractivity contribution in [2.24, 2.45) is 5.92 Å². The highest BCUT2D eigenvalue weighted by Crippen LogP contribution is 2.33. The summed E-state index contributed by atoms with van der Waals surface area (Å²) in [5.74, 6) is 0.689. The Bertz CT molecular complexity index is 450. The van der Waals surface area contributed by atoms with Gasteiger partial charge in [0.15, 0.2) is 0 Å². The highest BCUT2D eigenvalue weighted by molar-refractivity contribution is 9.10. The van der Waals surface area contributed by atoms with Crippen LogP contribution in [-0.4, -0.2) is 12.6 Å². The number of hydrogen-bond acceptors (Lipinski definition) is 2. The zero-order chi connectivity index (χ0) is 12.4. The van der Waals surface area contributed by atoms with Crippen molar-refractivity contribution in [3.05, 3.63) is 28.2 Å². The normalized spacial score (nSPS) is 24.5. The molecule has 2 atom stereocenters. The van der Waals surface area contributed by atoms with Crippen molar-refractivity contribution < 1.29 is 0 Å². The molecule has 2 nitrogen and oxygen atoms in total. The molecular weight excluding hydrogens is 276 g/mol. The van der Waals surface area contributed by atoms with E-state index in [4.69, 9.17) is 0 Å². The van der Waals surface area contributed by atoms with Gasteiger partial charge in [-0.05, 0) is 53.7 Å². The number of benzene rings is 1. The summed E-state index contributed by atoms with van der Waals surface area (Å²) in [6.45, 7) is 5.60. The van der Waals surface area contributed by atoms with Gasteiger partial charge in [0.25, 0.3) is 0 Å². The van der Waals surface area contributed by atoms with Crippen molar-refractivity contribution >= 4 is 21.6 Å². The van der Waals surface area contributed by atoms with Gasteiger partial charge in [-0.3, -0.25) is 0 Å². The van der Waals surface area contributed by atoms with Crippen LogP contribution in [0.4, 0.5) is 5.69 Å². The van der Waals surface area contributed by atoms with Crippen LogP contribution < -0.4 is 4.90 Å². The molecule has 3 heteroatoms. The third kappa shape index (κ3) is 2.32. The average molecular weight is 293 g/mol. The van der Waals surface area contributed by atoms with Gasteiger partial charge in [-0.15, -0.1) is 0 Å². The molecule has 2 rings (SSSR count). The van der Waals surface area contributed by atoms with Gasteiger partial charge < -0.3 is 4.90 Å². The number of nitriles is 1. The van der Waals surface area contributed by atoms with E-state index >= 15 is 0 Å². The van der Waals surface area contributed by atoms with Crippen LogP contribution in [0, 0.1) is 17.2 Å². The smallest absolute Gasteiger partial charge is 0.103 e. The first-order valence-electron chi connectivity index (χ1n) is 6.10. The molecule has 1 aliphatic rings. The van der Waals surface area contributed by atoms with E-state index in [-0.39, 0.29) is 0 Å². The molecule has 0 saturated carbocycles. The molecule has 1 saturated heterocycles. The molecule has 0 aliphatic carbocycles. The van der Waals surface area contributed by atoms with Gasteiger partial charge in [0.2, 0.25) is 0 Å². The molecule has 1 aliphatic heterocycles. The van der Waals surface area contributed by atoms with Crippen LogP contribution in [-0.2, 0) is 0 Å². The van der Waals surface area contributed by atoms with E-state index in [1.54, 1.807) is 0 Å². The third-order valence-corrected chi connectivity index (χ3v) is 4.45. The maximum absolute atomic E-state index is 9.28. The van der Waals surface area contributed by atoms with Gasteiger partial charge in [-0.1, -0.05) is 13.0 Å². The maximum atomic E-state index is 9.28. The highest BCUT2D eigenvalue weighted by Gasteiger charge is 2.26. The van der Waals surface area contributed by atoms with Gasteiger partial charge in [0.1, 0.15) is 6.07 Å². The van der Waals surface area contributed by atoms with E-state index in [1.807, 2.05) is 12.1 Å². The Morgan fingerprint density at radius 3 is 2.88 bits per heavy atom. The molecule has 0 bridgehead atoms. The van der Waals surface area contributed by atoms with Crippen LogP contribution in [0.2, 0.25) is 0 Å².